The van der Waals surface area contributed by atoms with E-state index in [2.05, 4.69) is 20.9 Å². The summed E-state index contributed by atoms with van der Waals surface area (Å²) in [7, 11) is 0. The molecule has 0 aliphatic heterocycles. The van der Waals surface area contributed by atoms with E-state index in [1.165, 1.54) is 0 Å². The van der Waals surface area contributed by atoms with E-state index in [0.717, 1.165) is 21.4 Å². The zero-order valence-electron chi connectivity index (χ0n) is 7.00. The fourth-order valence-corrected chi connectivity index (χ4v) is 2.11. The molecule has 5 heteroatoms. The Hall–Kier alpha value is -0.940. The van der Waals surface area contributed by atoms with E-state index in [9.17, 15) is 4.39 Å². The number of aromatic nitrogens is 1. The van der Waals surface area contributed by atoms with Crippen LogP contribution in [0, 0.1) is 5.13 Å². The maximum Gasteiger partial charge on any atom is 0.206 e. The molecule has 2 rings (SSSR count). The Bertz CT molecular complexity index is 470. The van der Waals surface area contributed by atoms with E-state index in [-0.39, 0.29) is 10.3 Å². The lowest BCUT2D eigenvalue weighted by Crippen LogP contribution is -1.83. The van der Waals surface area contributed by atoms with Crippen LogP contribution in [0.5, 0.6) is 0 Å². The summed E-state index contributed by atoms with van der Waals surface area (Å²) < 4.78 is 14.2. The first kappa shape index (κ1) is 9.61. The van der Waals surface area contributed by atoms with Crippen LogP contribution >= 0.6 is 27.3 Å². The van der Waals surface area contributed by atoms with Gasteiger partial charge in [-0.3, -0.25) is 0 Å². The lowest BCUT2D eigenvalue weighted by molar-refractivity contribution is 0.657. The third kappa shape index (κ3) is 1.78. The van der Waals surface area contributed by atoms with Crippen molar-refractivity contribution in [1.82, 2.24) is 4.98 Å². The molecule has 0 bridgehead atoms. The zero-order valence-corrected chi connectivity index (χ0v) is 9.40. The van der Waals surface area contributed by atoms with Crippen LogP contribution in [-0.2, 0) is 0 Å². The normalized spacial score (nSPS) is 10.4. The Kier molecular flexibility index (Phi) is 2.52. The van der Waals surface area contributed by atoms with Crippen LogP contribution in [0.15, 0.2) is 28.7 Å². The van der Waals surface area contributed by atoms with Gasteiger partial charge in [0.25, 0.3) is 0 Å². The summed E-state index contributed by atoms with van der Waals surface area (Å²) in [6.45, 7) is 0. The number of nitrogens with two attached hydrogens (primary N) is 1. The van der Waals surface area contributed by atoms with Gasteiger partial charge in [0, 0.05) is 10.0 Å². The van der Waals surface area contributed by atoms with Crippen LogP contribution in [0.3, 0.4) is 0 Å². The minimum absolute atomic E-state index is 0.248. The second-order valence-corrected chi connectivity index (χ2v) is 4.58. The molecule has 1 aromatic heterocycles. The number of thiazole rings is 1. The molecule has 2 aromatic rings. The highest BCUT2D eigenvalue weighted by atomic mass is 79.9. The molecule has 2 nitrogen and oxygen atoms in total. The first-order valence-corrected chi connectivity index (χ1v) is 5.45. The number of nitrogens with zero attached hydrogens (tertiary/aromatic N) is 1. The molecule has 0 radical (unpaired) electrons. The number of nitrogen functional groups attached to an aromatic ring is 1. The average molecular weight is 273 g/mol. The summed E-state index contributed by atoms with van der Waals surface area (Å²) in [5.41, 5.74) is 6.45. The Labute approximate surface area is 92.7 Å². The van der Waals surface area contributed by atoms with Crippen molar-refractivity contribution >= 4 is 32.4 Å². The second-order valence-electron chi connectivity index (χ2n) is 2.68. The van der Waals surface area contributed by atoms with Gasteiger partial charge >= 0.3 is 0 Å². The Morgan fingerprint density at radius 2 is 2.21 bits per heavy atom. The molecule has 0 aliphatic rings. The summed E-state index contributed by atoms with van der Waals surface area (Å²) >= 11 is 4.17. The van der Waals surface area contributed by atoms with E-state index in [1.54, 1.807) is 12.1 Å². The first-order valence-electron chi connectivity index (χ1n) is 3.84. The molecular formula is C9H6BrFN2S. The minimum atomic E-state index is -0.347. The van der Waals surface area contributed by atoms with Gasteiger partial charge in [0.1, 0.15) is 5.69 Å². The van der Waals surface area contributed by atoms with E-state index in [1.807, 2.05) is 12.1 Å². The Balaban J connectivity index is 2.54. The van der Waals surface area contributed by atoms with Gasteiger partial charge in [-0.1, -0.05) is 39.4 Å². The van der Waals surface area contributed by atoms with Crippen LogP contribution in [0.1, 0.15) is 0 Å². The van der Waals surface area contributed by atoms with Crippen LogP contribution in [-0.4, -0.2) is 4.98 Å². The van der Waals surface area contributed by atoms with Crippen molar-refractivity contribution in [2.45, 2.75) is 0 Å². The summed E-state index contributed by atoms with van der Waals surface area (Å²) in [5, 5.41) is -0.0990. The van der Waals surface area contributed by atoms with Crippen molar-refractivity contribution in [3.63, 3.8) is 0 Å². The van der Waals surface area contributed by atoms with Gasteiger partial charge in [0.2, 0.25) is 5.13 Å². The second kappa shape index (κ2) is 3.67. The quantitative estimate of drug-likeness (QED) is 0.865. The molecule has 0 saturated carbocycles. The van der Waals surface area contributed by atoms with Crippen LogP contribution < -0.4 is 5.73 Å². The lowest BCUT2D eigenvalue weighted by atomic mass is 10.2. The summed E-state index contributed by atoms with van der Waals surface area (Å²) in [6.07, 6.45) is 0. The summed E-state index contributed by atoms with van der Waals surface area (Å²) in [4.78, 5) is 3.92. The van der Waals surface area contributed by atoms with Gasteiger partial charge in [0.15, 0.2) is 5.13 Å². The molecule has 0 unspecified atom stereocenters. The predicted octanol–water partition coefficient (Wildman–Crippen LogP) is 3.29. The molecule has 0 fully saturated rings. The molecule has 14 heavy (non-hydrogen) atoms. The van der Waals surface area contributed by atoms with Gasteiger partial charge in [-0.25, -0.2) is 4.98 Å². The monoisotopic (exact) mass is 272 g/mol. The molecular weight excluding hydrogens is 267 g/mol. The van der Waals surface area contributed by atoms with Crippen molar-refractivity contribution < 1.29 is 4.39 Å². The minimum Gasteiger partial charge on any atom is -0.375 e. The van der Waals surface area contributed by atoms with Crippen LogP contribution in [0.25, 0.3) is 11.3 Å². The number of hydrogen-bond donors (Lipinski definition) is 1. The molecule has 1 aromatic carbocycles. The fourth-order valence-electron chi connectivity index (χ4n) is 1.13. The van der Waals surface area contributed by atoms with Crippen molar-refractivity contribution in [2.75, 3.05) is 5.73 Å². The van der Waals surface area contributed by atoms with Crippen molar-refractivity contribution in [3.05, 3.63) is 33.9 Å². The number of hydrogen-bond acceptors (Lipinski definition) is 3. The van der Waals surface area contributed by atoms with Gasteiger partial charge in [-0.15, -0.1) is 0 Å². The maximum absolute atomic E-state index is 13.3. The number of rotatable bonds is 1. The van der Waals surface area contributed by atoms with E-state index in [0.29, 0.717) is 5.69 Å². The fraction of sp³-hybridized carbons (Fsp3) is 0. The predicted molar refractivity (Wildman–Crippen MR) is 59.6 cm³/mol. The summed E-state index contributed by atoms with van der Waals surface area (Å²) in [6, 6.07) is 7.30. The van der Waals surface area contributed by atoms with E-state index < -0.39 is 0 Å². The standard InChI is InChI=1S/C9H6BrFN2S/c10-6-3-1-2-5(4-6)7-8(11)14-9(12)13-7/h1-4H,(H2,12,13). The first-order chi connectivity index (χ1) is 6.66. The molecule has 2 N–H and O–H groups in total. The SMILES string of the molecule is Nc1nc(-c2cccc(Br)c2)c(F)s1. The third-order valence-electron chi connectivity index (χ3n) is 1.70. The summed E-state index contributed by atoms with van der Waals surface area (Å²) in [5.74, 6) is 0. The number of anilines is 1. The molecule has 72 valence electrons. The molecule has 0 atom stereocenters. The maximum atomic E-state index is 13.3. The van der Waals surface area contributed by atoms with Crippen molar-refractivity contribution in [1.29, 1.82) is 0 Å². The van der Waals surface area contributed by atoms with Crippen LogP contribution in [0.4, 0.5) is 9.52 Å². The van der Waals surface area contributed by atoms with Crippen molar-refractivity contribution in [2.24, 2.45) is 0 Å². The van der Waals surface area contributed by atoms with Gasteiger partial charge in [0.05, 0.1) is 0 Å². The Morgan fingerprint density at radius 3 is 2.79 bits per heavy atom. The molecule has 0 saturated heterocycles. The van der Waals surface area contributed by atoms with Gasteiger partial charge in [-0.05, 0) is 12.1 Å². The highest BCUT2D eigenvalue weighted by molar-refractivity contribution is 9.10. The molecule has 0 spiro atoms. The molecule has 0 aliphatic carbocycles. The highest BCUT2D eigenvalue weighted by Crippen LogP contribution is 2.29. The van der Waals surface area contributed by atoms with E-state index >= 15 is 0 Å². The third-order valence-corrected chi connectivity index (χ3v) is 2.87. The molecule has 0 amide bonds. The molecule has 1 heterocycles. The van der Waals surface area contributed by atoms with Crippen LogP contribution in [0.2, 0.25) is 0 Å². The topological polar surface area (TPSA) is 38.9 Å². The lowest BCUT2D eigenvalue weighted by Gasteiger charge is -1.96. The highest BCUT2D eigenvalue weighted by Gasteiger charge is 2.10. The van der Waals surface area contributed by atoms with Gasteiger partial charge in [-0.2, -0.15) is 4.39 Å². The number of benzene rings is 1. The zero-order chi connectivity index (χ0) is 10.1. The average Bonchev–Trinajstić information content (AvgIpc) is 2.45. The smallest absolute Gasteiger partial charge is 0.206 e. The van der Waals surface area contributed by atoms with Crippen molar-refractivity contribution in [3.8, 4) is 11.3 Å². The van der Waals surface area contributed by atoms with E-state index in [4.69, 9.17) is 5.73 Å². The Morgan fingerprint density at radius 1 is 1.43 bits per heavy atom. The number of halogens is 2. The van der Waals surface area contributed by atoms with Gasteiger partial charge < -0.3 is 5.73 Å². The largest absolute Gasteiger partial charge is 0.375 e.